The molecule has 1 aliphatic rings. The minimum absolute atomic E-state index is 0.00248. The molecule has 0 amide bonds. The molecule has 4 rings (SSSR count). The van der Waals surface area contributed by atoms with Crippen LogP contribution in [0.2, 0.25) is 0 Å². The molecule has 2 N–H and O–H groups in total. The Kier molecular flexibility index (Phi) is 7.07. The first-order chi connectivity index (χ1) is 15.7. The van der Waals surface area contributed by atoms with Crippen molar-refractivity contribution < 1.29 is 4.84 Å². The molecule has 0 bridgehead atoms. The molecule has 2 aromatic carbocycles. The Bertz CT molecular complexity index is 1080. The number of para-hydroxylation sites is 1. The lowest BCUT2D eigenvalue weighted by molar-refractivity contribution is 0.0867. The average molecular weight is 465 g/mol. The van der Waals surface area contributed by atoms with Gasteiger partial charge in [-0.2, -0.15) is 5.06 Å². The zero-order chi connectivity index (χ0) is 23.6. The topological polar surface area (TPSA) is 43.5 Å². The SMILES string of the molecule is CC(C)ON(C(=S)Nc1ccc2[nH]cc(C3CCN(C(C)(C)C)CC3)c2c1)c1ccccc1. The molecule has 1 saturated heterocycles. The molecular weight excluding hydrogens is 428 g/mol. The summed E-state index contributed by atoms with van der Waals surface area (Å²) in [5.74, 6) is 0.574. The number of fused-ring (bicyclic) bond motifs is 1. The van der Waals surface area contributed by atoms with E-state index in [4.69, 9.17) is 17.1 Å². The Morgan fingerprint density at radius 3 is 2.45 bits per heavy atom. The summed E-state index contributed by atoms with van der Waals surface area (Å²) in [6.45, 7) is 13.2. The van der Waals surface area contributed by atoms with Gasteiger partial charge < -0.3 is 10.3 Å². The molecule has 2 heterocycles. The van der Waals surface area contributed by atoms with Gasteiger partial charge in [0.2, 0.25) is 5.11 Å². The highest BCUT2D eigenvalue weighted by Gasteiger charge is 2.28. The van der Waals surface area contributed by atoms with E-state index < -0.39 is 0 Å². The van der Waals surface area contributed by atoms with Crippen LogP contribution in [0.5, 0.6) is 0 Å². The second-order valence-corrected chi connectivity index (χ2v) is 10.5. The molecule has 33 heavy (non-hydrogen) atoms. The van der Waals surface area contributed by atoms with E-state index in [-0.39, 0.29) is 11.6 Å². The van der Waals surface area contributed by atoms with Crippen LogP contribution in [0.1, 0.15) is 58.9 Å². The normalized spacial score (nSPS) is 15.8. The van der Waals surface area contributed by atoms with Gasteiger partial charge in [0, 0.05) is 28.3 Å². The predicted octanol–water partition coefficient (Wildman–Crippen LogP) is 6.69. The molecule has 1 aromatic heterocycles. The summed E-state index contributed by atoms with van der Waals surface area (Å²) in [5, 5.41) is 6.88. The van der Waals surface area contributed by atoms with E-state index in [1.165, 1.54) is 23.8 Å². The second kappa shape index (κ2) is 9.84. The number of likely N-dealkylation sites (tertiary alicyclic amines) is 1. The number of hydrogen-bond donors (Lipinski definition) is 2. The fourth-order valence-electron chi connectivity index (χ4n) is 4.59. The van der Waals surface area contributed by atoms with E-state index in [1.54, 1.807) is 5.06 Å². The summed E-state index contributed by atoms with van der Waals surface area (Å²) >= 11 is 5.74. The molecule has 0 saturated carbocycles. The van der Waals surface area contributed by atoms with Crippen molar-refractivity contribution in [3.8, 4) is 0 Å². The van der Waals surface area contributed by atoms with Crippen molar-refractivity contribution in [3.63, 3.8) is 0 Å². The monoisotopic (exact) mass is 464 g/mol. The van der Waals surface area contributed by atoms with Gasteiger partial charge in [-0.15, -0.1) is 0 Å². The number of anilines is 2. The van der Waals surface area contributed by atoms with Crippen LogP contribution >= 0.6 is 12.2 Å². The molecule has 5 nitrogen and oxygen atoms in total. The number of thiocarbonyl (C=S) groups is 1. The highest BCUT2D eigenvalue weighted by Crippen LogP contribution is 2.36. The number of rotatable bonds is 5. The molecule has 1 aliphatic heterocycles. The number of hydroxylamine groups is 1. The first-order valence-electron chi connectivity index (χ1n) is 11.9. The fourth-order valence-corrected chi connectivity index (χ4v) is 4.86. The van der Waals surface area contributed by atoms with Crippen LogP contribution in [0.4, 0.5) is 11.4 Å². The van der Waals surface area contributed by atoms with E-state index in [0.717, 1.165) is 30.0 Å². The third-order valence-electron chi connectivity index (χ3n) is 6.34. The van der Waals surface area contributed by atoms with Crippen molar-refractivity contribution in [1.29, 1.82) is 0 Å². The highest BCUT2D eigenvalue weighted by molar-refractivity contribution is 7.80. The Labute approximate surface area is 203 Å². The van der Waals surface area contributed by atoms with Crippen molar-refractivity contribution in [2.24, 2.45) is 0 Å². The van der Waals surface area contributed by atoms with Crippen molar-refractivity contribution in [1.82, 2.24) is 9.88 Å². The maximum atomic E-state index is 6.02. The van der Waals surface area contributed by atoms with Crippen molar-refractivity contribution in [3.05, 3.63) is 60.3 Å². The van der Waals surface area contributed by atoms with E-state index in [9.17, 15) is 0 Å². The minimum atomic E-state index is 0.00248. The molecule has 6 heteroatoms. The van der Waals surface area contributed by atoms with E-state index in [0.29, 0.717) is 11.0 Å². The zero-order valence-electron chi connectivity index (χ0n) is 20.4. The van der Waals surface area contributed by atoms with Crippen molar-refractivity contribution >= 4 is 39.6 Å². The summed E-state index contributed by atoms with van der Waals surface area (Å²) in [6, 6.07) is 16.3. The number of hydrogen-bond acceptors (Lipinski definition) is 3. The lowest BCUT2D eigenvalue weighted by atomic mass is 9.87. The average Bonchev–Trinajstić information content (AvgIpc) is 3.20. The standard InChI is InChI=1S/C27H36N4OS/c1-19(2)32-31(22-9-7-6-8-10-22)26(33)29-21-11-12-25-23(17-21)24(18-28-25)20-13-15-30(16-14-20)27(3,4)5/h6-12,17-20,28H,13-16H2,1-5H3,(H,29,33). The number of aromatic nitrogens is 1. The van der Waals surface area contributed by atoms with Gasteiger partial charge >= 0.3 is 0 Å². The third kappa shape index (κ3) is 5.57. The lowest BCUT2D eigenvalue weighted by Gasteiger charge is -2.41. The maximum absolute atomic E-state index is 6.02. The summed E-state index contributed by atoms with van der Waals surface area (Å²) in [5.41, 5.74) is 4.68. The van der Waals surface area contributed by atoms with Gasteiger partial charge in [-0.1, -0.05) is 18.2 Å². The van der Waals surface area contributed by atoms with Crippen LogP contribution in [0.3, 0.4) is 0 Å². The molecule has 0 unspecified atom stereocenters. The number of benzene rings is 2. The van der Waals surface area contributed by atoms with Gasteiger partial charge in [-0.3, -0.25) is 9.74 Å². The largest absolute Gasteiger partial charge is 0.361 e. The zero-order valence-corrected chi connectivity index (χ0v) is 21.2. The van der Waals surface area contributed by atoms with Gasteiger partial charge in [-0.25, -0.2) is 0 Å². The van der Waals surface area contributed by atoms with Crippen LogP contribution in [0.25, 0.3) is 10.9 Å². The smallest absolute Gasteiger partial charge is 0.202 e. The van der Waals surface area contributed by atoms with Gasteiger partial charge in [0.05, 0.1) is 11.8 Å². The van der Waals surface area contributed by atoms with Crippen LogP contribution in [-0.4, -0.2) is 39.7 Å². The van der Waals surface area contributed by atoms with Gasteiger partial charge in [0.25, 0.3) is 0 Å². The van der Waals surface area contributed by atoms with Crippen LogP contribution in [0, 0.1) is 0 Å². The fraction of sp³-hybridized carbons (Fsp3) is 0.444. The minimum Gasteiger partial charge on any atom is -0.361 e. The summed E-state index contributed by atoms with van der Waals surface area (Å²) in [4.78, 5) is 12.1. The molecule has 0 aliphatic carbocycles. The first kappa shape index (κ1) is 23.7. The summed E-state index contributed by atoms with van der Waals surface area (Å²) < 4.78 is 0. The molecular formula is C27H36N4OS. The molecule has 1 fully saturated rings. The van der Waals surface area contributed by atoms with E-state index >= 15 is 0 Å². The van der Waals surface area contributed by atoms with Crippen molar-refractivity contribution in [2.45, 2.75) is 65.0 Å². The number of H-pyrrole nitrogens is 1. The van der Waals surface area contributed by atoms with Crippen LogP contribution in [0.15, 0.2) is 54.7 Å². The van der Waals surface area contributed by atoms with Gasteiger partial charge in [0.1, 0.15) is 0 Å². The maximum Gasteiger partial charge on any atom is 0.202 e. The van der Waals surface area contributed by atoms with Gasteiger partial charge in [-0.05, 0) is 115 Å². The quantitative estimate of drug-likeness (QED) is 0.325. The Balaban J connectivity index is 1.53. The van der Waals surface area contributed by atoms with Crippen LogP contribution in [-0.2, 0) is 4.84 Å². The Hall–Kier alpha value is -2.41. The summed E-state index contributed by atoms with van der Waals surface area (Å²) in [6.07, 6.45) is 4.57. The molecule has 0 atom stereocenters. The van der Waals surface area contributed by atoms with Gasteiger partial charge in [0.15, 0.2) is 0 Å². The number of piperidine rings is 1. The van der Waals surface area contributed by atoms with Crippen LogP contribution < -0.4 is 10.4 Å². The highest BCUT2D eigenvalue weighted by atomic mass is 32.1. The third-order valence-corrected chi connectivity index (χ3v) is 6.61. The number of nitrogens with zero attached hydrogens (tertiary/aromatic N) is 2. The van der Waals surface area contributed by atoms with Crippen molar-refractivity contribution in [2.75, 3.05) is 23.5 Å². The lowest BCUT2D eigenvalue weighted by Crippen LogP contribution is -2.45. The Morgan fingerprint density at radius 1 is 1.12 bits per heavy atom. The Morgan fingerprint density at radius 2 is 1.82 bits per heavy atom. The van der Waals surface area contributed by atoms with E-state index in [2.05, 4.69) is 60.4 Å². The predicted molar refractivity (Wildman–Crippen MR) is 143 cm³/mol. The number of aromatic amines is 1. The molecule has 0 radical (unpaired) electrons. The molecule has 3 aromatic rings. The molecule has 0 spiro atoms. The number of nitrogens with one attached hydrogen (secondary N) is 2. The first-order valence-corrected chi connectivity index (χ1v) is 12.3. The second-order valence-electron chi connectivity index (χ2n) is 10.2. The molecule has 176 valence electrons. The summed E-state index contributed by atoms with van der Waals surface area (Å²) in [7, 11) is 0. The van der Waals surface area contributed by atoms with E-state index in [1.807, 2.05) is 44.2 Å².